The van der Waals surface area contributed by atoms with Crippen LogP contribution in [0, 0.1) is 5.82 Å². The number of piperidine rings is 1. The maximum absolute atomic E-state index is 13.4. The highest BCUT2D eigenvalue weighted by molar-refractivity contribution is 6.00. The summed E-state index contributed by atoms with van der Waals surface area (Å²) in [6.45, 7) is 1.37. The zero-order valence-electron chi connectivity index (χ0n) is 17.0. The van der Waals surface area contributed by atoms with Crippen LogP contribution in [0.2, 0.25) is 0 Å². The molecule has 1 saturated heterocycles. The first-order chi connectivity index (χ1) is 15.7. The van der Waals surface area contributed by atoms with E-state index in [1.807, 2.05) is 23.1 Å². The molecular weight excluding hydrogens is 415 g/mol. The summed E-state index contributed by atoms with van der Waals surface area (Å²) < 4.78 is 29.6. The Bertz CT molecular complexity index is 1320. The summed E-state index contributed by atoms with van der Waals surface area (Å²) >= 11 is 0. The summed E-state index contributed by atoms with van der Waals surface area (Å²) in [5, 5.41) is 12.1. The third kappa shape index (κ3) is 3.08. The number of ether oxygens (including phenoxy) is 2. The summed E-state index contributed by atoms with van der Waals surface area (Å²) in [5.41, 5.74) is 3.26. The number of halogens is 1. The standard InChI is InChI=1S/C23H19FN4O4/c24-15-2-3-16-19(10-15)32-27-22(16)13-5-7-28(8-6-13)23(29)17-11-25-26-21(17)14-1-4-18-20(9-14)31-12-30-18/h1-4,9-11,13H,5-8,12H2,(H,25,26). The molecule has 2 aliphatic rings. The number of aromatic amines is 1. The van der Waals surface area contributed by atoms with Gasteiger partial charge in [-0.15, -0.1) is 0 Å². The lowest BCUT2D eigenvalue weighted by atomic mass is 9.91. The van der Waals surface area contributed by atoms with E-state index in [1.54, 1.807) is 12.3 Å². The number of carbonyl (C=O) groups excluding carboxylic acids is 1. The molecule has 2 aromatic heterocycles. The molecule has 32 heavy (non-hydrogen) atoms. The van der Waals surface area contributed by atoms with E-state index in [4.69, 9.17) is 14.0 Å². The highest BCUT2D eigenvalue weighted by atomic mass is 19.1. The number of hydrogen-bond donors (Lipinski definition) is 1. The summed E-state index contributed by atoms with van der Waals surface area (Å²) in [6.07, 6.45) is 3.07. The Labute approximate surface area is 181 Å². The lowest BCUT2D eigenvalue weighted by molar-refractivity contribution is 0.0712. The van der Waals surface area contributed by atoms with Crippen LogP contribution in [0.25, 0.3) is 22.2 Å². The van der Waals surface area contributed by atoms with Crippen molar-refractivity contribution in [1.82, 2.24) is 20.3 Å². The predicted octanol–water partition coefficient (Wildman–Crippen LogP) is 4.11. The molecule has 162 valence electrons. The quantitative estimate of drug-likeness (QED) is 0.522. The van der Waals surface area contributed by atoms with Crippen molar-refractivity contribution in [3.63, 3.8) is 0 Å². The van der Waals surface area contributed by atoms with Gasteiger partial charge in [-0.1, -0.05) is 5.16 Å². The zero-order valence-corrected chi connectivity index (χ0v) is 17.0. The van der Waals surface area contributed by atoms with E-state index in [-0.39, 0.29) is 24.4 Å². The number of nitrogens with zero attached hydrogens (tertiary/aromatic N) is 3. The molecule has 0 radical (unpaired) electrons. The third-order valence-corrected chi connectivity index (χ3v) is 6.16. The van der Waals surface area contributed by atoms with Gasteiger partial charge in [0.1, 0.15) is 5.82 Å². The molecule has 1 amide bonds. The van der Waals surface area contributed by atoms with Crippen LogP contribution in [-0.2, 0) is 0 Å². The molecule has 4 aromatic rings. The topological polar surface area (TPSA) is 93.5 Å². The number of amides is 1. The van der Waals surface area contributed by atoms with Gasteiger partial charge in [0.05, 0.1) is 23.1 Å². The van der Waals surface area contributed by atoms with Crippen molar-refractivity contribution >= 4 is 16.9 Å². The van der Waals surface area contributed by atoms with Crippen molar-refractivity contribution in [3.8, 4) is 22.8 Å². The van der Waals surface area contributed by atoms with E-state index in [0.717, 1.165) is 29.5 Å². The molecule has 4 heterocycles. The van der Waals surface area contributed by atoms with Gasteiger partial charge in [0.2, 0.25) is 6.79 Å². The highest BCUT2D eigenvalue weighted by Gasteiger charge is 2.29. The van der Waals surface area contributed by atoms with Crippen molar-refractivity contribution in [1.29, 1.82) is 0 Å². The van der Waals surface area contributed by atoms with Crippen LogP contribution in [0.5, 0.6) is 11.5 Å². The Kier molecular flexibility index (Phi) is 4.34. The predicted molar refractivity (Wildman–Crippen MR) is 112 cm³/mol. The number of H-pyrrole nitrogens is 1. The van der Waals surface area contributed by atoms with Crippen LogP contribution in [0.3, 0.4) is 0 Å². The van der Waals surface area contributed by atoms with Crippen LogP contribution in [-0.4, -0.2) is 46.0 Å². The van der Waals surface area contributed by atoms with Gasteiger partial charge in [-0.05, 0) is 43.2 Å². The van der Waals surface area contributed by atoms with Gasteiger partial charge < -0.3 is 18.9 Å². The molecule has 6 rings (SSSR count). The van der Waals surface area contributed by atoms with Crippen LogP contribution < -0.4 is 9.47 Å². The van der Waals surface area contributed by atoms with E-state index in [1.165, 1.54) is 12.1 Å². The van der Waals surface area contributed by atoms with Crippen LogP contribution >= 0.6 is 0 Å². The molecule has 0 saturated carbocycles. The fraction of sp³-hybridized carbons (Fsp3) is 0.261. The number of carbonyl (C=O) groups is 1. The number of likely N-dealkylation sites (tertiary alicyclic amines) is 1. The summed E-state index contributed by atoms with van der Waals surface area (Å²) in [6, 6.07) is 10.0. The second-order valence-electron chi connectivity index (χ2n) is 8.00. The molecule has 0 spiro atoms. The Morgan fingerprint density at radius 1 is 1.09 bits per heavy atom. The minimum atomic E-state index is -0.348. The first kappa shape index (κ1) is 18.9. The van der Waals surface area contributed by atoms with Crippen molar-refractivity contribution in [2.24, 2.45) is 0 Å². The van der Waals surface area contributed by atoms with Crippen LogP contribution in [0.1, 0.15) is 34.8 Å². The van der Waals surface area contributed by atoms with Gasteiger partial charge >= 0.3 is 0 Å². The molecule has 2 aliphatic heterocycles. The van der Waals surface area contributed by atoms with E-state index >= 15 is 0 Å². The van der Waals surface area contributed by atoms with Crippen LogP contribution in [0.15, 0.2) is 47.1 Å². The molecule has 0 bridgehead atoms. The molecule has 1 fully saturated rings. The Hall–Kier alpha value is -3.88. The average molecular weight is 434 g/mol. The van der Waals surface area contributed by atoms with Gasteiger partial charge in [-0.25, -0.2) is 4.39 Å². The summed E-state index contributed by atoms with van der Waals surface area (Å²) in [7, 11) is 0. The molecule has 0 atom stereocenters. The smallest absolute Gasteiger partial charge is 0.257 e. The maximum atomic E-state index is 13.4. The van der Waals surface area contributed by atoms with Crippen molar-refractivity contribution in [3.05, 3.63) is 59.7 Å². The van der Waals surface area contributed by atoms with Gasteiger partial charge in [0.15, 0.2) is 17.1 Å². The Morgan fingerprint density at radius 3 is 2.81 bits per heavy atom. The highest BCUT2D eigenvalue weighted by Crippen LogP contribution is 2.37. The van der Waals surface area contributed by atoms with E-state index < -0.39 is 0 Å². The minimum absolute atomic E-state index is 0.0723. The summed E-state index contributed by atoms with van der Waals surface area (Å²) in [4.78, 5) is 15.1. The monoisotopic (exact) mass is 434 g/mol. The van der Waals surface area contributed by atoms with E-state index in [9.17, 15) is 9.18 Å². The van der Waals surface area contributed by atoms with E-state index in [0.29, 0.717) is 41.4 Å². The van der Waals surface area contributed by atoms with Crippen LogP contribution in [0.4, 0.5) is 4.39 Å². The fourth-order valence-corrected chi connectivity index (χ4v) is 4.47. The third-order valence-electron chi connectivity index (χ3n) is 6.16. The molecule has 0 unspecified atom stereocenters. The number of hydrogen-bond acceptors (Lipinski definition) is 6. The normalized spacial score (nSPS) is 16.1. The maximum Gasteiger partial charge on any atom is 0.257 e. The van der Waals surface area contributed by atoms with Crippen molar-refractivity contribution < 1.29 is 23.2 Å². The average Bonchev–Trinajstić information content (AvgIpc) is 3.57. The first-order valence-electron chi connectivity index (χ1n) is 10.4. The number of nitrogens with one attached hydrogen (secondary N) is 1. The zero-order chi connectivity index (χ0) is 21.7. The summed E-state index contributed by atoms with van der Waals surface area (Å²) in [5.74, 6) is 1.07. The number of aromatic nitrogens is 3. The van der Waals surface area contributed by atoms with Crippen molar-refractivity contribution in [2.75, 3.05) is 19.9 Å². The molecule has 0 aliphatic carbocycles. The Morgan fingerprint density at radius 2 is 1.94 bits per heavy atom. The minimum Gasteiger partial charge on any atom is -0.454 e. The largest absolute Gasteiger partial charge is 0.454 e. The van der Waals surface area contributed by atoms with Gasteiger partial charge in [0.25, 0.3) is 5.91 Å². The molecular formula is C23H19FN4O4. The van der Waals surface area contributed by atoms with Gasteiger partial charge in [-0.3, -0.25) is 9.89 Å². The first-order valence-corrected chi connectivity index (χ1v) is 10.4. The van der Waals surface area contributed by atoms with Crippen molar-refractivity contribution in [2.45, 2.75) is 18.8 Å². The van der Waals surface area contributed by atoms with Gasteiger partial charge in [0, 0.05) is 36.0 Å². The number of rotatable bonds is 3. The SMILES string of the molecule is O=C(c1cn[nH]c1-c1ccc2c(c1)OCO2)N1CCC(c2noc3cc(F)ccc23)CC1. The second kappa shape index (κ2) is 7.37. The molecule has 1 N–H and O–H groups in total. The lowest BCUT2D eigenvalue weighted by Crippen LogP contribution is -2.38. The second-order valence-corrected chi connectivity index (χ2v) is 8.00. The molecule has 9 heteroatoms. The molecule has 2 aromatic carbocycles. The van der Waals surface area contributed by atoms with E-state index in [2.05, 4.69) is 15.4 Å². The lowest BCUT2D eigenvalue weighted by Gasteiger charge is -2.31. The Balaban J connectivity index is 1.19. The molecule has 8 nitrogen and oxygen atoms in total. The fourth-order valence-electron chi connectivity index (χ4n) is 4.47. The number of fused-ring (bicyclic) bond motifs is 2. The number of benzene rings is 2. The van der Waals surface area contributed by atoms with Gasteiger partial charge in [-0.2, -0.15) is 5.10 Å².